The molecule has 0 saturated carbocycles. The first-order chi connectivity index (χ1) is 35.6. The number of hydrogen-bond acceptors (Lipinski definition) is 3. The van der Waals surface area contributed by atoms with Crippen molar-refractivity contribution < 1.29 is 14.3 Å². The van der Waals surface area contributed by atoms with Crippen LogP contribution in [0.15, 0.2) is 18.2 Å². The van der Waals surface area contributed by atoms with Gasteiger partial charge in [0, 0.05) is 18.7 Å². The van der Waals surface area contributed by atoms with Crippen LogP contribution in [-0.2, 0) is 0 Å². The lowest BCUT2D eigenvalue weighted by atomic mass is 10.0. The van der Waals surface area contributed by atoms with Gasteiger partial charge in [0.2, 0.25) is 0 Å². The third-order valence-corrected chi connectivity index (χ3v) is 15.6. The van der Waals surface area contributed by atoms with Crippen molar-refractivity contribution in [2.75, 3.05) is 19.7 Å². The van der Waals surface area contributed by atoms with Crippen molar-refractivity contribution >= 4 is 11.8 Å². The van der Waals surface area contributed by atoms with Crippen LogP contribution in [0.5, 0.6) is 5.75 Å². The molecule has 0 aliphatic rings. The summed E-state index contributed by atoms with van der Waals surface area (Å²) in [4.78, 5) is 26.7. The lowest BCUT2D eigenvalue weighted by Gasteiger charge is -2.14. The molecule has 0 heterocycles. The van der Waals surface area contributed by atoms with E-state index in [-0.39, 0.29) is 11.8 Å². The van der Waals surface area contributed by atoms with E-state index >= 15 is 0 Å². The molecule has 0 spiro atoms. The van der Waals surface area contributed by atoms with E-state index in [1.54, 1.807) is 18.2 Å². The van der Waals surface area contributed by atoms with Crippen LogP contribution in [0.25, 0.3) is 0 Å². The summed E-state index contributed by atoms with van der Waals surface area (Å²) >= 11 is 0. The fourth-order valence-electron chi connectivity index (χ4n) is 10.6. The maximum absolute atomic E-state index is 13.5. The highest BCUT2D eigenvalue weighted by molar-refractivity contribution is 6.00. The van der Waals surface area contributed by atoms with E-state index in [1.807, 2.05) is 0 Å². The maximum Gasteiger partial charge on any atom is 0.255 e. The molecule has 2 N–H and O–H groups in total. The zero-order chi connectivity index (χ0) is 51.7. The van der Waals surface area contributed by atoms with E-state index in [0.717, 1.165) is 38.5 Å². The minimum atomic E-state index is -0.0938. The molecule has 0 aliphatic carbocycles. The molecule has 0 fully saturated rings. The number of carbonyl (C=O) groups excluding carboxylic acids is 2. The molecule has 422 valence electrons. The molecule has 1 aromatic carbocycles. The van der Waals surface area contributed by atoms with Gasteiger partial charge in [-0.25, -0.2) is 0 Å². The van der Waals surface area contributed by atoms with Crippen LogP contribution in [0.2, 0.25) is 0 Å². The average Bonchev–Trinajstić information content (AvgIpc) is 3.39. The molecule has 2 amide bonds. The monoisotopic (exact) mass is 1010 g/mol. The topological polar surface area (TPSA) is 67.4 Å². The van der Waals surface area contributed by atoms with Gasteiger partial charge in [-0.2, -0.15) is 0 Å². The molecule has 72 heavy (non-hydrogen) atoms. The standard InChI is InChI=1S/C67H126N2O3/c1-4-7-10-13-16-19-22-24-26-28-30-32-34-36-38-40-42-45-48-51-54-59-68-66(70)63-57-58-64(65(62-63)72-61-56-53-50-47-44-21-18-15-12-9-6-3)67(71)69-60-55-52-49-46-43-41-39-37-35-33-31-29-27-25-23-20-17-14-11-8-5-2/h57-58,62H,4-56,59-61H2,1-3H3,(H,68,70)(H,69,71). The predicted octanol–water partition coefficient (Wildman–Crippen LogP) is 22.3. The number of amides is 2. The zero-order valence-corrected chi connectivity index (χ0v) is 49.1. The molecule has 5 nitrogen and oxygen atoms in total. The quantitative estimate of drug-likeness (QED) is 0.0639. The number of ether oxygens (including phenoxy) is 1. The summed E-state index contributed by atoms with van der Waals surface area (Å²) in [6.07, 6.45) is 71.8. The lowest BCUT2D eigenvalue weighted by Crippen LogP contribution is -2.26. The van der Waals surface area contributed by atoms with Gasteiger partial charge in [0.1, 0.15) is 5.75 Å². The molecule has 0 atom stereocenters. The highest BCUT2D eigenvalue weighted by atomic mass is 16.5. The Balaban J connectivity index is 2.27. The van der Waals surface area contributed by atoms with Gasteiger partial charge in [0.25, 0.3) is 11.8 Å². The Kier molecular flexibility index (Phi) is 53.5. The Morgan fingerprint density at radius 2 is 0.542 bits per heavy atom. The second-order valence-electron chi connectivity index (χ2n) is 22.7. The number of unbranched alkanes of at least 4 members (excludes halogenated alkanes) is 50. The molecular weight excluding hydrogens is 881 g/mol. The Labute approximate surface area is 450 Å². The van der Waals surface area contributed by atoms with Gasteiger partial charge >= 0.3 is 0 Å². The second kappa shape index (κ2) is 56.7. The molecule has 0 bridgehead atoms. The van der Waals surface area contributed by atoms with Gasteiger partial charge in [-0.3, -0.25) is 9.59 Å². The van der Waals surface area contributed by atoms with Gasteiger partial charge in [-0.15, -0.1) is 0 Å². The smallest absolute Gasteiger partial charge is 0.255 e. The third-order valence-electron chi connectivity index (χ3n) is 15.6. The third kappa shape index (κ3) is 46.5. The van der Waals surface area contributed by atoms with Gasteiger partial charge in [-0.05, 0) is 37.5 Å². The Morgan fingerprint density at radius 3 is 0.819 bits per heavy atom. The van der Waals surface area contributed by atoms with Gasteiger partial charge in [-0.1, -0.05) is 342 Å². The molecule has 0 aromatic heterocycles. The number of nitrogens with one attached hydrogen (secondary N) is 2. The zero-order valence-electron chi connectivity index (χ0n) is 49.1. The van der Waals surface area contributed by atoms with Crippen molar-refractivity contribution in [3.05, 3.63) is 29.3 Å². The summed E-state index contributed by atoms with van der Waals surface area (Å²) in [5, 5.41) is 6.32. The normalized spacial score (nSPS) is 11.4. The molecule has 1 rings (SSSR count). The second-order valence-corrected chi connectivity index (χ2v) is 22.7. The van der Waals surface area contributed by atoms with Gasteiger partial charge < -0.3 is 15.4 Å². The van der Waals surface area contributed by atoms with E-state index in [1.165, 1.54) is 302 Å². The van der Waals surface area contributed by atoms with Crippen molar-refractivity contribution in [3.8, 4) is 5.75 Å². The molecule has 5 heteroatoms. The van der Waals surface area contributed by atoms with Crippen LogP contribution >= 0.6 is 0 Å². The summed E-state index contributed by atoms with van der Waals surface area (Å²) in [5.41, 5.74) is 1.12. The average molecular weight is 1010 g/mol. The van der Waals surface area contributed by atoms with E-state index in [9.17, 15) is 9.59 Å². The van der Waals surface area contributed by atoms with Crippen LogP contribution in [0.4, 0.5) is 0 Å². The number of hydrogen-bond donors (Lipinski definition) is 2. The predicted molar refractivity (Wildman–Crippen MR) is 318 cm³/mol. The minimum absolute atomic E-state index is 0.0748. The van der Waals surface area contributed by atoms with E-state index < -0.39 is 0 Å². The van der Waals surface area contributed by atoms with E-state index in [0.29, 0.717) is 36.6 Å². The van der Waals surface area contributed by atoms with Crippen molar-refractivity contribution in [3.63, 3.8) is 0 Å². The highest BCUT2D eigenvalue weighted by Gasteiger charge is 2.16. The Bertz CT molecular complexity index is 1270. The van der Waals surface area contributed by atoms with Crippen molar-refractivity contribution in [2.24, 2.45) is 0 Å². The van der Waals surface area contributed by atoms with Crippen LogP contribution in [0.1, 0.15) is 382 Å². The first-order valence-corrected chi connectivity index (χ1v) is 33.0. The first-order valence-electron chi connectivity index (χ1n) is 33.0. The van der Waals surface area contributed by atoms with Crippen molar-refractivity contribution in [2.45, 2.75) is 361 Å². The summed E-state index contributed by atoms with van der Waals surface area (Å²) in [7, 11) is 0. The fraction of sp³-hybridized carbons (Fsp3) is 0.881. The Morgan fingerprint density at radius 1 is 0.306 bits per heavy atom. The minimum Gasteiger partial charge on any atom is -0.493 e. The summed E-state index contributed by atoms with van der Waals surface area (Å²) < 4.78 is 6.30. The molecule has 1 aromatic rings. The largest absolute Gasteiger partial charge is 0.493 e. The van der Waals surface area contributed by atoms with Crippen LogP contribution in [-0.4, -0.2) is 31.5 Å². The van der Waals surface area contributed by atoms with Gasteiger partial charge in [0.15, 0.2) is 0 Å². The lowest BCUT2D eigenvalue weighted by molar-refractivity contribution is 0.0937. The first kappa shape index (κ1) is 68.0. The van der Waals surface area contributed by atoms with Crippen molar-refractivity contribution in [1.82, 2.24) is 10.6 Å². The van der Waals surface area contributed by atoms with Crippen LogP contribution < -0.4 is 15.4 Å². The van der Waals surface area contributed by atoms with Crippen molar-refractivity contribution in [1.29, 1.82) is 0 Å². The molecule has 0 radical (unpaired) electrons. The van der Waals surface area contributed by atoms with E-state index in [2.05, 4.69) is 31.4 Å². The van der Waals surface area contributed by atoms with Gasteiger partial charge in [0.05, 0.1) is 12.2 Å². The van der Waals surface area contributed by atoms with E-state index in [4.69, 9.17) is 4.74 Å². The molecule has 0 saturated heterocycles. The number of benzene rings is 1. The molecule has 0 aliphatic heterocycles. The maximum atomic E-state index is 13.5. The Hall–Kier alpha value is -2.04. The molecule has 0 unspecified atom stereocenters. The fourth-order valence-corrected chi connectivity index (χ4v) is 10.6. The summed E-state index contributed by atoms with van der Waals surface area (Å²) in [6, 6.07) is 5.41. The molecular formula is C67H126N2O3. The SMILES string of the molecule is CCCCCCCCCCCCCCCCCCCCCCCNC(=O)c1ccc(C(=O)NCCCCCCCCCCCCCCCCCCCCCCC)c(OCCCCCCCCCCCCC)c1. The van der Waals surface area contributed by atoms with Crippen LogP contribution in [0, 0.1) is 0 Å². The highest BCUT2D eigenvalue weighted by Crippen LogP contribution is 2.23. The number of carbonyl (C=O) groups is 2. The summed E-state index contributed by atoms with van der Waals surface area (Å²) in [5.74, 6) is 0.373. The summed E-state index contributed by atoms with van der Waals surface area (Å²) in [6.45, 7) is 8.82. The van der Waals surface area contributed by atoms with Crippen LogP contribution in [0.3, 0.4) is 0 Å². The number of rotatable bonds is 59.